The van der Waals surface area contributed by atoms with Gasteiger partial charge in [-0.1, -0.05) is 17.3 Å². The van der Waals surface area contributed by atoms with E-state index in [0.29, 0.717) is 18.8 Å². The van der Waals surface area contributed by atoms with Gasteiger partial charge in [0.25, 0.3) is 0 Å². The average molecular weight is 290 g/mol. The SMILES string of the molecule is CCN(Cc1cccc(F)c1)C(=O)Cc1c(C)noc1C. The molecule has 4 nitrogen and oxygen atoms in total. The van der Waals surface area contributed by atoms with Gasteiger partial charge in [-0.3, -0.25) is 4.79 Å². The Balaban J connectivity index is 2.09. The second-order valence-electron chi connectivity index (χ2n) is 5.02. The molecule has 0 aliphatic heterocycles. The lowest BCUT2D eigenvalue weighted by Crippen LogP contribution is -2.31. The number of carbonyl (C=O) groups excluding carboxylic acids is 1. The number of aromatic nitrogens is 1. The van der Waals surface area contributed by atoms with Gasteiger partial charge in [0.15, 0.2) is 0 Å². The molecule has 0 spiro atoms. The number of hydrogen-bond acceptors (Lipinski definition) is 3. The summed E-state index contributed by atoms with van der Waals surface area (Å²) in [7, 11) is 0. The van der Waals surface area contributed by atoms with Crippen LogP contribution in [0.25, 0.3) is 0 Å². The van der Waals surface area contributed by atoms with Crippen molar-refractivity contribution in [2.75, 3.05) is 6.54 Å². The second-order valence-corrected chi connectivity index (χ2v) is 5.02. The maximum atomic E-state index is 13.2. The van der Waals surface area contributed by atoms with E-state index in [0.717, 1.165) is 16.8 Å². The van der Waals surface area contributed by atoms with Crippen molar-refractivity contribution in [3.8, 4) is 0 Å². The van der Waals surface area contributed by atoms with E-state index < -0.39 is 0 Å². The van der Waals surface area contributed by atoms with Crippen LogP contribution in [0.1, 0.15) is 29.5 Å². The standard InChI is InChI=1S/C16H19FN2O2/c1-4-19(10-13-6-5-7-14(17)8-13)16(20)9-15-11(2)18-21-12(15)3/h5-8H,4,9-10H2,1-3H3. The van der Waals surface area contributed by atoms with Gasteiger partial charge in [-0.15, -0.1) is 0 Å². The van der Waals surface area contributed by atoms with Gasteiger partial charge in [-0.2, -0.15) is 0 Å². The summed E-state index contributed by atoms with van der Waals surface area (Å²) in [4.78, 5) is 14.1. The highest BCUT2D eigenvalue weighted by atomic mass is 19.1. The molecule has 0 atom stereocenters. The zero-order valence-corrected chi connectivity index (χ0v) is 12.5. The van der Waals surface area contributed by atoms with Crippen molar-refractivity contribution < 1.29 is 13.7 Å². The topological polar surface area (TPSA) is 46.3 Å². The quantitative estimate of drug-likeness (QED) is 0.850. The smallest absolute Gasteiger partial charge is 0.227 e. The Morgan fingerprint density at radius 3 is 2.71 bits per heavy atom. The number of halogens is 1. The van der Waals surface area contributed by atoms with Crippen molar-refractivity contribution in [1.82, 2.24) is 10.1 Å². The van der Waals surface area contributed by atoms with Gasteiger partial charge in [0.1, 0.15) is 11.6 Å². The highest BCUT2D eigenvalue weighted by molar-refractivity contribution is 5.79. The Morgan fingerprint density at radius 2 is 2.14 bits per heavy atom. The van der Waals surface area contributed by atoms with Gasteiger partial charge < -0.3 is 9.42 Å². The lowest BCUT2D eigenvalue weighted by atomic mass is 10.1. The first-order valence-corrected chi connectivity index (χ1v) is 6.95. The van der Waals surface area contributed by atoms with Crippen molar-refractivity contribution in [3.63, 3.8) is 0 Å². The molecule has 0 saturated carbocycles. The Labute approximate surface area is 123 Å². The average Bonchev–Trinajstić information content (AvgIpc) is 2.76. The Kier molecular flexibility index (Phi) is 4.73. The highest BCUT2D eigenvalue weighted by Gasteiger charge is 2.18. The summed E-state index contributed by atoms with van der Waals surface area (Å²) in [6.07, 6.45) is 0.254. The van der Waals surface area contributed by atoms with Crippen LogP contribution >= 0.6 is 0 Å². The summed E-state index contributed by atoms with van der Waals surface area (Å²) in [6.45, 7) is 6.49. The molecular weight excluding hydrogens is 271 g/mol. The number of likely N-dealkylation sites (N-methyl/N-ethyl adjacent to an activating group) is 1. The number of amides is 1. The molecule has 1 heterocycles. The van der Waals surface area contributed by atoms with E-state index in [1.54, 1.807) is 17.9 Å². The predicted octanol–water partition coefficient (Wildman–Crippen LogP) is 3.02. The molecule has 1 aromatic heterocycles. The molecule has 0 radical (unpaired) electrons. The van der Waals surface area contributed by atoms with E-state index in [4.69, 9.17) is 4.52 Å². The maximum absolute atomic E-state index is 13.2. The number of benzene rings is 1. The second kappa shape index (κ2) is 6.52. The molecular formula is C16H19FN2O2. The van der Waals surface area contributed by atoms with Gasteiger partial charge in [-0.25, -0.2) is 4.39 Å². The molecule has 0 unspecified atom stereocenters. The molecule has 5 heteroatoms. The molecule has 0 bridgehead atoms. The summed E-state index contributed by atoms with van der Waals surface area (Å²) in [6, 6.07) is 6.31. The van der Waals surface area contributed by atoms with Gasteiger partial charge in [0.2, 0.25) is 5.91 Å². The first-order valence-electron chi connectivity index (χ1n) is 6.95. The zero-order chi connectivity index (χ0) is 15.4. The minimum Gasteiger partial charge on any atom is -0.361 e. The van der Waals surface area contributed by atoms with Crippen molar-refractivity contribution in [2.24, 2.45) is 0 Å². The third kappa shape index (κ3) is 3.68. The van der Waals surface area contributed by atoms with Gasteiger partial charge >= 0.3 is 0 Å². The van der Waals surface area contributed by atoms with Crippen molar-refractivity contribution in [2.45, 2.75) is 33.7 Å². The van der Waals surface area contributed by atoms with Crippen LogP contribution in [0.15, 0.2) is 28.8 Å². The van der Waals surface area contributed by atoms with Crippen molar-refractivity contribution >= 4 is 5.91 Å². The molecule has 1 amide bonds. The molecule has 0 aliphatic rings. The molecule has 1 aromatic carbocycles. The predicted molar refractivity (Wildman–Crippen MR) is 77.2 cm³/mol. The van der Waals surface area contributed by atoms with Gasteiger partial charge in [0.05, 0.1) is 12.1 Å². The van der Waals surface area contributed by atoms with Crippen LogP contribution < -0.4 is 0 Å². The summed E-state index contributed by atoms with van der Waals surface area (Å²) in [5.41, 5.74) is 2.35. The van der Waals surface area contributed by atoms with Crippen molar-refractivity contribution in [1.29, 1.82) is 0 Å². The largest absolute Gasteiger partial charge is 0.361 e. The van der Waals surface area contributed by atoms with Crippen molar-refractivity contribution in [3.05, 3.63) is 52.7 Å². The summed E-state index contributed by atoms with van der Waals surface area (Å²) in [5.74, 6) is 0.362. The van der Waals surface area contributed by atoms with Crippen LogP contribution in [0.3, 0.4) is 0 Å². The van der Waals surface area contributed by atoms with E-state index in [1.807, 2.05) is 19.9 Å². The third-order valence-corrected chi connectivity index (χ3v) is 3.51. The number of nitrogens with zero attached hydrogens (tertiary/aromatic N) is 2. The number of aryl methyl sites for hydroxylation is 2. The lowest BCUT2D eigenvalue weighted by molar-refractivity contribution is -0.130. The minimum absolute atomic E-state index is 0.0174. The highest BCUT2D eigenvalue weighted by Crippen LogP contribution is 2.15. The summed E-state index contributed by atoms with van der Waals surface area (Å²) >= 11 is 0. The van der Waals surface area contributed by atoms with Crippen LogP contribution in [0.4, 0.5) is 4.39 Å². The fourth-order valence-electron chi connectivity index (χ4n) is 2.25. The third-order valence-electron chi connectivity index (χ3n) is 3.51. The van der Waals surface area contributed by atoms with E-state index in [1.165, 1.54) is 12.1 Å². The van der Waals surface area contributed by atoms with Crippen LogP contribution in [0, 0.1) is 19.7 Å². The lowest BCUT2D eigenvalue weighted by Gasteiger charge is -2.21. The summed E-state index contributed by atoms with van der Waals surface area (Å²) < 4.78 is 18.3. The van der Waals surface area contributed by atoms with Crippen LogP contribution in [-0.2, 0) is 17.8 Å². The zero-order valence-electron chi connectivity index (χ0n) is 12.5. The Morgan fingerprint density at radius 1 is 1.38 bits per heavy atom. The number of rotatable bonds is 5. The first-order chi connectivity index (χ1) is 10.0. The van der Waals surface area contributed by atoms with E-state index in [-0.39, 0.29) is 18.1 Å². The van der Waals surface area contributed by atoms with Crippen LogP contribution in [-0.4, -0.2) is 22.5 Å². The van der Waals surface area contributed by atoms with Crippen LogP contribution in [0.5, 0.6) is 0 Å². The van der Waals surface area contributed by atoms with Crippen LogP contribution in [0.2, 0.25) is 0 Å². The maximum Gasteiger partial charge on any atom is 0.227 e. The Hall–Kier alpha value is -2.17. The molecule has 0 aliphatic carbocycles. The molecule has 0 N–H and O–H groups in total. The Bertz CT molecular complexity index is 617. The number of hydrogen-bond donors (Lipinski definition) is 0. The fourth-order valence-corrected chi connectivity index (χ4v) is 2.25. The summed E-state index contributed by atoms with van der Waals surface area (Å²) in [5, 5.41) is 3.85. The van der Waals surface area contributed by atoms with E-state index in [9.17, 15) is 9.18 Å². The fraction of sp³-hybridized carbons (Fsp3) is 0.375. The normalized spacial score (nSPS) is 10.7. The van der Waals surface area contributed by atoms with Gasteiger partial charge in [-0.05, 0) is 38.5 Å². The monoisotopic (exact) mass is 290 g/mol. The number of carbonyl (C=O) groups is 1. The van der Waals surface area contributed by atoms with Gasteiger partial charge in [0, 0.05) is 18.7 Å². The molecule has 0 fully saturated rings. The molecule has 112 valence electrons. The van der Waals surface area contributed by atoms with E-state index in [2.05, 4.69) is 5.16 Å². The molecule has 2 rings (SSSR count). The molecule has 21 heavy (non-hydrogen) atoms. The molecule has 2 aromatic rings. The molecule has 0 saturated heterocycles. The van der Waals surface area contributed by atoms with E-state index >= 15 is 0 Å². The minimum atomic E-state index is -0.290. The first kappa shape index (κ1) is 15.2.